The van der Waals surface area contributed by atoms with Crippen molar-refractivity contribution in [2.75, 3.05) is 32.8 Å². The maximum atomic E-state index is 11.8. The Morgan fingerprint density at radius 1 is 1.41 bits per heavy atom. The number of rotatable bonds is 5. The minimum Gasteiger partial charge on any atom is -0.484 e. The first-order valence-electron chi connectivity index (χ1n) is 8.02. The lowest BCUT2D eigenvalue weighted by atomic mass is 10.2. The van der Waals surface area contributed by atoms with Crippen LogP contribution in [-0.2, 0) is 9.53 Å². The predicted octanol–water partition coefficient (Wildman–Crippen LogP) is 1.35. The Bertz CT molecular complexity index is 503. The van der Waals surface area contributed by atoms with Crippen molar-refractivity contribution in [3.8, 4) is 5.75 Å². The molecule has 2 aliphatic rings. The Morgan fingerprint density at radius 3 is 3.05 bits per heavy atom. The second-order valence-electron chi connectivity index (χ2n) is 6.15. The first-order valence-corrected chi connectivity index (χ1v) is 8.02. The van der Waals surface area contributed by atoms with Crippen molar-refractivity contribution in [3.63, 3.8) is 0 Å². The summed E-state index contributed by atoms with van der Waals surface area (Å²) in [6, 6.07) is 8.28. The van der Waals surface area contributed by atoms with Crippen molar-refractivity contribution in [2.45, 2.75) is 31.9 Å². The number of aryl methyl sites for hydroxylation is 1. The zero-order valence-electron chi connectivity index (χ0n) is 13.1. The van der Waals surface area contributed by atoms with Crippen LogP contribution in [0.15, 0.2) is 24.3 Å². The molecule has 1 aromatic carbocycles. The van der Waals surface area contributed by atoms with E-state index >= 15 is 0 Å². The molecule has 3 rings (SSSR count). The van der Waals surface area contributed by atoms with Crippen LogP contribution in [0.3, 0.4) is 0 Å². The number of benzene rings is 1. The highest BCUT2D eigenvalue weighted by Gasteiger charge is 2.32. The Hall–Kier alpha value is -1.59. The normalized spacial score (nSPS) is 24.8. The molecule has 0 aliphatic carbocycles. The average Bonchev–Trinajstić information content (AvgIpc) is 3.00. The zero-order valence-corrected chi connectivity index (χ0v) is 13.1. The average molecular weight is 304 g/mol. The lowest BCUT2D eigenvalue weighted by molar-refractivity contribution is -0.124. The van der Waals surface area contributed by atoms with Crippen LogP contribution >= 0.6 is 0 Å². The van der Waals surface area contributed by atoms with Crippen molar-refractivity contribution in [3.05, 3.63) is 29.8 Å². The fraction of sp³-hybridized carbons (Fsp3) is 0.588. The van der Waals surface area contributed by atoms with Gasteiger partial charge in [0.2, 0.25) is 0 Å². The van der Waals surface area contributed by atoms with Gasteiger partial charge in [-0.15, -0.1) is 0 Å². The van der Waals surface area contributed by atoms with Crippen LogP contribution in [0, 0.1) is 6.92 Å². The second kappa shape index (κ2) is 7.11. The van der Waals surface area contributed by atoms with Gasteiger partial charge in [0.15, 0.2) is 6.61 Å². The van der Waals surface area contributed by atoms with Crippen molar-refractivity contribution in [1.82, 2.24) is 10.2 Å². The standard InChI is InChI=1S/C17H24N2O3/c1-13-4-6-15(7-5-13)22-12-17(20)18-9-16-10-19-8-2-3-14(19)11-21-16/h4-7,14,16H,2-3,8-12H2,1H3,(H,18,20)/t14-,16-/m1/s1. The third kappa shape index (κ3) is 3.99. The number of nitrogens with zero attached hydrogens (tertiary/aromatic N) is 1. The lowest BCUT2D eigenvalue weighted by Gasteiger charge is -2.35. The molecule has 0 saturated carbocycles. The highest BCUT2D eigenvalue weighted by atomic mass is 16.5. The summed E-state index contributed by atoms with van der Waals surface area (Å²) in [5.74, 6) is 0.613. The molecular formula is C17H24N2O3. The molecule has 1 amide bonds. The third-order valence-corrected chi connectivity index (χ3v) is 4.38. The quantitative estimate of drug-likeness (QED) is 0.892. The van der Waals surface area contributed by atoms with E-state index in [-0.39, 0.29) is 18.6 Å². The summed E-state index contributed by atoms with van der Waals surface area (Å²) in [6.07, 6.45) is 2.60. The van der Waals surface area contributed by atoms with Gasteiger partial charge in [-0.3, -0.25) is 9.69 Å². The summed E-state index contributed by atoms with van der Waals surface area (Å²) < 4.78 is 11.3. The molecule has 2 atom stereocenters. The number of fused-ring (bicyclic) bond motifs is 1. The van der Waals surface area contributed by atoms with Gasteiger partial charge in [-0.25, -0.2) is 0 Å². The summed E-state index contributed by atoms with van der Waals surface area (Å²) in [5, 5.41) is 2.90. The van der Waals surface area contributed by atoms with Crippen molar-refractivity contribution in [2.24, 2.45) is 0 Å². The molecule has 5 heteroatoms. The Morgan fingerprint density at radius 2 is 2.23 bits per heavy atom. The number of hydrogen-bond acceptors (Lipinski definition) is 4. The molecule has 1 N–H and O–H groups in total. The van der Waals surface area contributed by atoms with Crippen LogP contribution in [0.5, 0.6) is 5.75 Å². The first kappa shape index (κ1) is 15.3. The van der Waals surface area contributed by atoms with Crippen molar-refractivity contribution < 1.29 is 14.3 Å². The number of amides is 1. The monoisotopic (exact) mass is 304 g/mol. The molecule has 0 radical (unpaired) electrons. The third-order valence-electron chi connectivity index (χ3n) is 4.38. The number of carbonyl (C=O) groups is 1. The molecule has 0 aromatic heterocycles. The van der Waals surface area contributed by atoms with E-state index in [1.165, 1.54) is 18.4 Å². The molecule has 0 bridgehead atoms. The van der Waals surface area contributed by atoms with E-state index in [1.54, 1.807) is 0 Å². The van der Waals surface area contributed by atoms with E-state index in [0.717, 1.165) is 25.4 Å². The number of hydrogen-bond donors (Lipinski definition) is 1. The van der Waals surface area contributed by atoms with Gasteiger partial charge in [0, 0.05) is 19.1 Å². The number of nitrogens with one attached hydrogen (secondary N) is 1. The van der Waals surface area contributed by atoms with E-state index in [9.17, 15) is 4.79 Å². The molecule has 5 nitrogen and oxygen atoms in total. The molecule has 120 valence electrons. The summed E-state index contributed by atoms with van der Waals surface area (Å²) >= 11 is 0. The van der Waals surface area contributed by atoms with Gasteiger partial charge < -0.3 is 14.8 Å². The predicted molar refractivity (Wildman–Crippen MR) is 84.0 cm³/mol. The maximum Gasteiger partial charge on any atom is 0.258 e. The number of morpholine rings is 1. The van der Waals surface area contributed by atoms with Gasteiger partial charge in [0.1, 0.15) is 5.75 Å². The van der Waals surface area contributed by atoms with Gasteiger partial charge in [-0.1, -0.05) is 17.7 Å². The first-order chi connectivity index (χ1) is 10.7. The SMILES string of the molecule is Cc1ccc(OCC(=O)NC[C@@H]2CN3CCC[C@@H]3CO2)cc1. The molecule has 2 heterocycles. The molecule has 2 aliphatic heterocycles. The highest BCUT2D eigenvalue weighted by molar-refractivity contribution is 5.77. The smallest absolute Gasteiger partial charge is 0.258 e. The van der Waals surface area contributed by atoms with Crippen molar-refractivity contribution in [1.29, 1.82) is 0 Å². The van der Waals surface area contributed by atoms with Crippen LogP contribution < -0.4 is 10.1 Å². The second-order valence-corrected chi connectivity index (χ2v) is 6.15. The summed E-state index contributed by atoms with van der Waals surface area (Å²) in [6.45, 7) is 5.49. The van der Waals surface area contributed by atoms with Crippen LogP contribution in [0.4, 0.5) is 0 Å². The Balaban J connectivity index is 1.36. The largest absolute Gasteiger partial charge is 0.484 e. The maximum absolute atomic E-state index is 11.8. The van der Waals surface area contributed by atoms with Crippen molar-refractivity contribution >= 4 is 5.91 Å². The zero-order chi connectivity index (χ0) is 15.4. The van der Waals surface area contributed by atoms with Gasteiger partial charge >= 0.3 is 0 Å². The molecule has 2 fully saturated rings. The molecule has 0 unspecified atom stereocenters. The van der Waals surface area contributed by atoms with E-state index in [0.29, 0.717) is 12.6 Å². The van der Waals surface area contributed by atoms with E-state index in [1.807, 2.05) is 31.2 Å². The molecule has 0 spiro atoms. The fourth-order valence-corrected chi connectivity index (χ4v) is 3.07. The Kier molecular flexibility index (Phi) is 4.95. The minimum atomic E-state index is -0.104. The highest BCUT2D eigenvalue weighted by Crippen LogP contribution is 2.22. The molecular weight excluding hydrogens is 280 g/mol. The van der Waals surface area contributed by atoms with Crippen LogP contribution in [0.25, 0.3) is 0 Å². The lowest BCUT2D eigenvalue weighted by Crippen LogP contribution is -2.50. The molecule has 1 aromatic rings. The van der Waals surface area contributed by atoms with Crippen LogP contribution in [0.2, 0.25) is 0 Å². The van der Waals surface area contributed by atoms with Gasteiger partial charge in [0.25, 0.3) is 5.91 Å². The minimum absolute atomic E-state index is 0.0438. The summed E-state index contributed by atoms with van der Waals surface area (Å²) in [4.78, 5) is 14.3. The summed E-state index contributed by atoms with van der Waals surface area (Å²) in [5.41, 5.74) is 1.17. The summed E-state index contributed by atoms with van der Waals surface area (Å²) in [7, 11) is 0. The number of ether oxygens (including phenoxy) is 2. The van der Waals surface area contributed by atoms with E-state index in [2.05, 4.69) is 10.2 Å². The van der Waals surface area contributed by atoms with Crippen LogP contribution in [-0.4, -0.2) is 55.8 Å². The Labute approximate surface area is 131 Å². The van der Waals surface area contributed by atoms with Gasteiger partial charge in [-0.2, -0.15) is 0 Å². The fourth-order valence-electron chi connectivity index (χ4n) is 3.07. The number of carbonyl (C=O) groups excluding carboxylic acids is 1. The van der Waals surface area contributed by atoms with Gasteiger partial charge in [0.05, 0.1) is 12.7 Å². The van der Waals surface area contributed by atoms with E-state index < -0.39 is 0 Å². The molecule has 22 heavy (non-hydrogen) atoms. The molecule has 2 saturated heterocycles. The van der Waals surface area contributed by atoms with Crippen LogP contribution in [0.1, 0.15) is 18.4 Å². The topological polar surface area (TPSA) is 50.8 Å². The van der Waals surface area contributed by atoms with E-state index in [4.69, 9.17) is 9.47 Å². The van der Waals surface area contributed by atoms with Gasteiger partial charge in [-0.05, 0) is 38.4 Å².